The number of hydrogen-bond acceptors (Lipinski definition) is 1. The van der Waals surface area contributed by atoms with Gasteiger partial charge in [-0.1, -0.05) is 30.2 Å². The SMILES string of the molecule is C#CC1C(c2c[nH]c3ccccc23)=CC=CN1C. The minimum atomic E-state index is -0.00536. The first-order valence-corrected chi connectivity index (χ1v) is 5.94. The highest BCUT2D eigenvalue weighted by Crippen LogP contribution is 2.30. The fraction of sp³-hybridized carbons (Fsp3) is 0.125. The van der Waals surface area contributed by atoms with Gasteiger partial charge in [0.1, 0.15) is 6.04 Å². The van der Waals surface area contributed by atoms with Crippen LogP contribution in [0.4, 0.5) is 0 Å². The van der Waals surface area contributed by atoms with Crippen LogP contribution in [0.1, 0.15) is 5.56 Å². The number of H-pyrrole nitrogens is 1. The second kappa shape index (κ2) is 4.12. The van der Waals surface area contributed by atoms with Gasteiger partial charge in [-0.05, 0) is 17.7 Å². The van der Waals surface area contributed by atoms with Gasteiger partial charge in [0, 0.05) is 35.9 Å². The van der Waals surface area contributed by atoms with E-state index in [0.717, 1.165) is 5.52 Å². The summed E-state index contributed by atoms with van der Waals surface area (Å²) >= 11 is 0. The summed E-state index contributed by atoms with van der Waals surface area (Å²) in [4.78, 5) is 5.35. The van der Waals surface area contributed by atoms with Crippen molar-refractivity contribution in [1.82, 2.24) is 9.88 Å². The third-order valence-electron chi connectivity index (χ3n) is 3.36. The number of benzene rings is 1. The van der Waals surface area contributed by atoms with Crippen molar-refractivity contribution in [3.05, 3.63) is 54.4 Å². The van der Waals surface area contributed by atoms with Crippen molar-refractivity contribution in [2.24, 2.45) is 0 Å². The lowest BCUT2D eigenvalue weighted by molar-refractivity contribution is 0.453. The fourth-order valence-corrected chi connectivity index (χ4v) is 2.43. The van der Waals surface area contributed by atoms with Gasteiger partial charge in [0.15, 0.2) is 0 Å². The summed E-state index contributed by atoms with van der Waals surface area (Å²) in [5, 5.41) is 1.22. The number of fused-ring (bicyclic) bond motifs is 1. The lowest BCUT2D eigenvalue weighted by Gasteiger charge is -2.27. The number of nitrogens with one attached hydrogen (secondary N) is 1. The molecule has 1 aliphatic rings. The van der Waals surface area contributed by atoms with Gasteiger partial charge in [0.2, 0.25) is 0 Å². The van der Waals surface area contributed by atoms with E-state index in [0.29, 0.717) is 0 Å². The van der Waals surface area contributed by atoms with E-state index in [9.17, 15) is 0 Å². The van der Waals surface area contributed by atoms with E-state index in [1.807, 2.05) is 37.7 Å². The molecule has 2 heterocycles. The number of rotatable bonds is 1. The molecule has 1 atom stereocenters. The molecule has 1 N–H and O–H groups in total. The number of aromatic nitrogens is 1. The standard InChI is InChI=1S/C16H14N2/c1-3-16-13(8-6-10-18(16)2)14-11-17-15-9-5-4-7-12(14)15/h1,4-11,16-17H,2H3. The molecule has 0 amide bonds. The van der Waals surface area contributed by atoms with E-state index in [-0.39, 0.29) is 6.04 Å². The number of para-hydroxylation sites is 1. The van der Waals surface area contributed by atoms with Crippen LogP contribution < -0.4 is 0 Å². The van der Waals surface area contributed by atoms with Crippen molar-refractivity contribution >= 4 is 16.5 Å². The number of terminal acetylenes is 1. The van der Waals surface area contributed by atoms with Crippen molar-refractivity contribution in [2.45, 2.75) is 6.04 Å². The van der Waals surface area contributed by atoms with Gasteiger partial charge in [-0.15, -0.1) is 6.42 Å². The number of allylic oxidation sites excluding steroid dienone is 2. The van der Waals surface area contributed by atoms with E-state index in [1.54, 1.807) is 0 Å². The quantitative estimate of drug-likeness (QED) is 0.751. The van der Waals surface area contributed by atoms with E-state index < -0.39 is 0 Å². The molecule has 1 unspecified atom stereocenters. The monoisotopic (exact) mass is 234 g/mol. The van der Waals surface area contributed by atoms with Gasteiger partial charge in [-0.3, -0.25) is 0 Å². The smallest absolute Gasteiger partial charge is 0.116 e. The zero-order chi connectivity index (χ0) is 12.5. The Kier molecular flexibility index (Phi) is 2.46. The Balaban J connectivity index is 2.18. The molecule has 0 fully saturated rings. The van der Waals surface area contributed by atoms with Crippen LogP contribution in [0.25, 0.3) is 16.5 Å². The molecule has 1 aliphatic heterocycles. The summed E-state index contributed by atoms with van der Waals surface area (Å²) in [6, 6.07) is 8.27. The maximum atomic E-state index is 5.66. The molecule has 1 aromatic heterocycles. The van der Waals surface area contributed by atoms with Crippen LogP contribution in [0.5, 0.6) is 0 Å². The molecule has 0 saturated carbocycles. The lowest BCUT2D eigenvalue weighted by Crippen LogP contribution is -2.28. The summed E-state index contributed by atoms with van der Waals surface area (Å²) in [6.07, 6.45) is 13.8. The predicted molar refractivity (Wildman–Crippen MR) is 75.8 cm³/mol. The van der Waals surface area contributed by atoms with Gasteiger partial charge in [-0.25, -0.2) is 0 Å². The molecule has 0 bridgehead atoms. The summed E-state index contributed by atoms with van der Waals surface area (Å²) in [5.41, 5.74) is 3.49. The fourth-order valence-electron chi connectivity index (χ4n) is 2.43. The average Bonchev–Trinajstić information content (AvgIpc) is 2.82. The van der Waals surface area contributed by atoms with Crippen molar-refractivity contribution in [3.63, 3.8) is 0 Å². The highest BCUT2D eigenvalue weighted by Gasteiger charge is 2.20. The first-order valence-electron chi connectivity index (χ1n) is 5.94. The zero-order valence-electron chi connectivity index (χ0n) is 10.2. The highest BCUT2D eigenvalue weighted by molar-refractivity contribution is 5.94. The number of likely N-dealkylation sites (N-methyl/N-ethyl adjacent to an activating group) is 1. The molecule has 3 rings (SSSR count). The maximum absolute atomic E-state index is 5.66. The van der Waals surface area contributed by atoms with Crippen LogP contribution in [-0.4, -0.2) is 23.0 Å². The third-order valence-corrected chi connectivity index (χ3v) is 3.36. The molecule has 1 aromatic carbocycles. The highest BCUT2D eigenvalue weighted by atomic mass is 15.1. The molecule has 0 aliphatic carbocycles. The number of aromatic amines is 1. The van der Waals surface area contributed by atoms with E-state index in [2.05, 4.69) is 34.0 Å². The number of nitrogens with zero attached hydrogens (tertiary/aromatic N) is 1. The Morgan fingerprint density at radius 3 is 3.00 bits per heavy atom. The van der Waals surface area contributed by atoms with E-state index in [1.165, 1.54) is 16.5 Å². The normalized spacial score (nSPS) is 18.8. The predicted octanol–water partition coefficient (Wildman–Crippen LogP) is 3.01. The molecule has 2 aromatic rings. The van der Waals surface area contributed by atoms with Crippen LogP contribution in [0.2, 0.25) is 0 Å². The lowest BCUT2D eigenvalue weighted by atomic mass is 9.95. The molecule has 0 saturated heterocycles. The molecule has 2 heteroatoms. The minimum absolute atomic E-state index is 0.00536. The molecule has 88 valence electrons. The van der Waals surface area contributed by atoms with Crippen molar-refractivity contribution in [3.8, 4) is 12.3 Å². The van der Waals surface area contributed by atoms with Gasteiger partial charge in [0.25, 0.3) is 0 Å². The van der Waals surface area contributed by atoms with E-state index in [4.69, 9.17) is 6.42 Å². The Labute approximate surface area is 107 Å². The summed E-state index contributed by atoms with van der Waals surface area (Å²) in [6.45, 7) is 0. The first kappa shape index (κ1) is 10.7. The number of hydrogen-bond donors (Lipinski definition) is 1. The third kappa shape index (κ3) is 1.53. The van der Waals surface area contributed by atoms with Crippen LogP contribution in [0, 0.1) is 12.3 Å². The van der Waals surface area contributed by atoms with Crippen molar-refractivity contribution in [1.29, 1.82) is 0 Å². The molecule has 2 nitrogen and oxygen atoms in total. The van der Waals surface area contributed by atoms with Crippen LogP contribution in [0.15, 0.2) is 48.8 Å². The zero-order valence-corrected chi connectivity index (χ0v) is 10.2. The molecule has 0 spiro atoms. The topological polar surface area (TPSA) is 19.0 Å². The van der Waals surface area contributed by atoms with E-state index >= 15 is 0 Å². The van der Waals surface area contributed by atoms with Crippen LogP contribution in [-0.2, 0) is 0 Å². The summed E-state index contributed by atoms with van der Waals surface area (Å²) < 4.78 is 0. The van der Waals surface area contributed by atoms with Gasteiger partial charge < -0.3 is 9.88 Å². The molecular weight excluding hydrogens is 220 g/mol. The molecule has 0 radical (unpaired) electrons. The first-order chi connectivity index (χ1) is 8.81. The van der Waals surface area contributed by atoms with Crippen LogP contribution in [0.3, 0.4) is 0 Å². The second-order valence-corrected chi connectivity index (χ2v) is 4.45. The summed E-state index contributed by atoms with van der Waals surface area (Å²) in [5.74, 6) is 2.85. The second-order valence-electron chi connectivity index (χ2n) is 4.45. The summed E-state index contributed by atoms with van der Waals surface area (Å²) in [7, 11) is 2.00. The Bertz CT molecular complexity index is 682. The Morgan fingerprint density at radius 2 is 2.17 bits per heavy atom. The average molecular weight is 234 g/mol. The minimum Gasteiger partial charge on any atom is -0.363 e. The Hall–Kier alpha value is -2.40. The van der Waals surface area contributed by atoms with Crippen molar-refractivity contribution in [2.75, 3.05) is 7.05 Å². The molecular formula is C16H14N2. The van der Waals surface area contributed by atoms with Gasteiger partial charge in [0.05, 0.1) is 0 Å². The van der Waals surface area contributed by atoms with Crippen molar-refractivity contribution < 1.29 is 0 Å². The largest absolute Gasteiger partial charge is 0.363 e. The maximum Gasteiger partial charge on any atom is 0.116 e. The Morgan fingerprint density at radius 1 is 1.33 bits per heavy atom. The van der Waals surface area contributed by atoms with Gasteiger partial charge in [-0.2, -0.15) is 0 Å². The molecule has 18 heavy (non-hydrogen) atoms. The van der Waals surface area contributed by atoms with Gasteiger partial charge >= 0.3 is 0 Å². The van der Waals surface area contributed by atoms with Crippen LogP contribution >= 0.6 is 0 Å².